The van der Waals surface area contributed by atoms with Gasteiger partial charge in [0, 0.05) is 43.5 Å². The SMILES string of the molecule is C[C@H]1CN(C)CCN1C(=O)c1ccnc(OCc2ccccc2)c1. The number of hydrogen-bond acceptors (Lipinski definition) is 4. The van der Waals surface area contributed by atoms with E-state index >= 15 is 0 Å². The van der Waals surface area contributed by atoms with Crippen molar-refractivity contribution in [2.75, 3.05) is 26.7 Å². The summed E-state index contributed by atoms with van der Waals surface area (Å²) in [5, 5.41) is 0. The molecule has 0 saturated carbocycles. The topological polar surface area (TPSA) is 45.7 Å². The van der Waals surface area contributed by atoms with Crippen LogP contribution in [0, 0.1) is 0 Å². The molecule has 126 valence electrons. The van der Waals surface area contributed by atoms with E-state index in [0.717, 1.165) is 25.2 Å². The number of hydrogen-bond donors (Lipinski definition) is 0. The van der Waals surface area contributed by atoms with Crippen LogP contribution in [-0.2, 0) is 6.61 Å². The quantitative estimate of drug-likeness (QED) is 0.866. The Morgan fingerprint density at radius 1 is 1.25 bits per heavy atom. The molecule has 1 aromatic carbocycles. The Bertz CT molecular complexity index is 690. The van der Waals surface area contributed by atoms with Crippen LogP contribution in [0.25, 0.3) is 0 Å². The first-order chi connectivity index (χ1) is 11.6. The molecule has 1 aliphatic heterocycles. The molecule has 5 nitrogen and oxygen atoms in total. The fourth-order valence-electron chi connectivity index (χ4n) is 2.96. The summed E-state index contributed by atoms with van der Waals surface area (Å²) in [6.07, 6.45) is 1.63. The van der Waals surface area contributed by atoms with Crippen LogP contribution in [0.2, 0.25) is 0 Å². The highest BCUT2D eigenvalue weighted by atomic mass is 16.5. The fourth-order valence-corrected chi connectivity index (χ4v) is 2.96. The highest BCUT2D eigenvalue weighted by Gasteiger charge is 2.26. The maximum atomic E-state index is 12.8. The van der Waals surface area contributed by atoms with E-state index in [1.807, 2.05) is 35.2 Å². The predicted molar refractivity (Wildman–Crippen MR) is 93.0 cm³/mol. The van der Waals surface area contributed by atoms with Crippen molar-refractivity contribution in [1.29, 1.82) is 0 Å². The van der Waals surface area contributed by atoms with Crippen molar-refractivity contribution in [2.24, 2.45) is 0 Å². The second kappa shape index (κ2) is 7.45. The zero-order valence-electron chi connectivity index (χ0n) is 14.2. The van der Waals surface area contributed by atoms with Gasteiger partial charge in [-0.3, -0.25) is 4.79 Å². The van der Waals surface area contributed by atoms with Crippen molar-refractivity contribution < 1.29 is 9.53 Å². The number of aromatic nitrogens is 1. The summed E-state index contributed by atoms with van der Waals surface area (Å²) >= 11 is 0. The largest absolute Gasteiger partial charge is 0.473 e. The van der Waals surface area contributed by atoms with Crippen molar-refractivity contribution in [1.82, 2.24) is 14.8 Å². The molecule has 0 N–H and O–H groups in total. The van der Waals surface area contributed by atoms with Crippen LogP contribution in [0.1, 0.15) is 22.8 Å². The van der Waals surface area contributed by atoms with Gasteiger partial charge >= 0.3 is 0 Å². The first kappa shape index (κ1) is 16.5. The van der Waals surface area contributed by atoms with Crippen molar-refractivity contribution in [3.05, 3.63) is 59.8 Å². The number of likely N-dealkylation sites (N-methyl/N-ethyl adjacent to an activating group) is 1. The van der Waals surface area contributed by atoms with Gasteiger partial charge < -0.3 is 14.5 Å². The molecule has 2 heterocycles. The summed E-state index contributed by atoms with van der Waals surface area (Å²) in [4.78, 5) is 21.2. The molecule has 1 aliphatic rings. The summed E-state index contributed by atoms with van der Waals surface area (Å²) in [6, 6.07) is 13.6. The molecule has 1 saturated heterocycles. The Kier molecular flexibility index (Phi) is 5.11. The molecule has 5 heteroatoms. The molecule has 3 rings (SSSR count). The Labute approximate surface area is 142 Å². The lowest BCUT2D eigenvalue weighted by Crippen LogP contribution is -2.52. The maximum Gasteiger partial charge on any atom is 0.254 e. The number of piperazine rings is 1. The second-order valence-electron chi connectivity index (χ2n) is 6.27. The average molecular weight is 325 g/mol. The zero-order chi connectivity index (χ0) is 16.9. The Hall–Kier alpha value is -2.40. The molecule has 1 fully saturated rings. The molecule has 1 amide bonds. The Morgan fingerprint density at radius 3 is 2.79 bits per heavy atom. The smallest absolute Gasteiger partial charge is 0.254 e. The average Bonchev–Trinajstić information content (AvgIpc) is 2.61. The molecule has 0 unspecified atom stereocenters. The minimum absolute atomic E-state index is 0.0440. The van der Waals surface area contributed by atoms with E-state index in [1.54, 1.807) is 18.3 Å². The summed E-state index contributed by atoms with van der Waals surface area (Å²) in [6.45, 7) is 5.07. The van der Waals surface area contributed by atoms with Gasteiger partial charge in [0.25, 0.3) is 5.91 Å². The van der Waals surface area contributed by atoms with Gasteiger partial charge in [-0.1, -0.05) is 30.3 Å². The summed E-state index contributed by atoms with van der Waals surface area (Å²) in [5.74, 6) is 0.522. The standard InChI is InChI=1S/C19H23N3O2/c1-15-13-21(2)10-11-22(15)19(23)17-8-9-20-18(12-17)24-14-16-6-4-3-5-7-16/h3-9,12,15H,10-11,13-14H2,1-2H3/t15-/m0/s1. The van der Waals surface area contributed by atoms with Gasteiger partial charge in [-0.25, -0.2) is 4.98 Å². The number of carbonyl (C=O) groups excluding carboxylic acids is 1. The van der Waals surface area contributed by atoms with Crippen LogP contribution in [0.15, 0.2) is 48.7 Å². The fraction of sp³-hybridized carbons (Fsp3) is 0.368. The summed E-state index contributed by atoms with van der Waals surface area (Å²) < 4.78 is 5.72. The number of amides is 1. The van der Waals surface area contributed by atoms with Gasteiger partial charge in [0.15, 0.2) is 0 Å². The van der Waals surface area contributed by atoms with Crippen molar-refractivity contribution in [3.63, 3.8) is 0 Å². The number of rotatable bonds is 4. The van der Waals surface area contributed by atoms with Crippen molar-refractivity contribution in [3.8, 4) is 5.88 Å². The first-order valence-electron chi connectivity index (χ1n) is 8.26. The Balaban J connectivity index is 1.67. The number of nitrogens with zero attached hydrogens (tertiary/aromatic N) is 3. The molecule has 0 spiro atoms. The van der Waals surface area contributed by atoms with Crippen LogP contribution < -0.4 is 4.74 Å². The number of pyridine rings is 1. The van der Waals surface area contributed by atoms with Gasteiger partial charge in [0.05, 0.1) is 0 Å². The second-order valence-corrected chi connectivity index (χ2v) is 6.27. The van der Waals surface area contributed by atoms with Crippen LogP contribution in [0.3, 0.4) is 0 Å². The van der Waals surface area contributed by atoms with E-state index in [9.17, 15) is 4.79 Å². The number of carbonyl (C=O) groups is 1. The number of benzene rings is 1. The maximum absolute atomic E-state index is 12.8. The third-order valence-corrected chi connectivity index (χ3v) is 4.30. The monoisotopic (exact) mass is 325 g/mol. The van der Waals surface area contributed by atoms with Gasteiger partial charge in [-0.15, -0.1) is 0 Å². The van der Waals surface area contributed by atoms with Crippen LogP contribution in [0.4, 0.5) is 0 Å². The van der Waals surface area contributed by atoms with Gasteiger partial charge in [0.1, 0.15) is 6.61 Å². The van der Waals surface area contributed by atoms with Crippen molar-refractivity contribution in [2.45, 2.75) is 19.6 Å². The lowest BCUT2D eigenvalue weighted by Gasteiger charge is -2.38. The Morgan fingerprint density at radius 2 is 2.04 bits per heavy atom. The normalized spacial score (nSPS) is 18.4. The molecule has 0 bridgehead atoms. The molecule has 0 radical (unpaired) electrons. The first-order valence-corrected chi connectivity index (χ1v) is 8.26. The van der Waals surface area contributed by atoms with E-state index in [1.165, 1.54) is 0 Å². The highest BCUT2D eigenvalue weighted by molar-refractivity contribution is 5.94. The third-order valence-electron chi connectivity index (χ3n) is 4.30. The van der Waals surface area contributed by atoms with E-state index in [0.29, 0.717) is 18.1 Å². The van der Waals surface area contributed by atoms with E-state index < -0.39 is 0 Å². The van der Waals surface area contributed by atoms with Crippen LogP contribution in [-0.4, -0.2) is 53.4 Å². The molecule has 2 aromatic rings. The predicted octanol–water partition coefficient (Wildman–Crippen LogP) is 2.44. The summed E-state index contributed by atoms with van der Waals surface area (Å²) in [5.41, 5.74) is 1.70. The van der Waals surface area contributed by atoms with Crippen molar-refractivity contribution >= 4 is 5.91 Å². The molecule has 24 heavy (non-hydrogen) atoms. The van der Waals surface area contributed by atoms with Crippen LogP contribution >= 0.6 is 0 Å². The van der Waals surface area contributed by atoms with Gasteiger partial charge in [0.2, 0.25) is 5.88 Å². The minimum atomic E-state index is 0.0440. The van der Waals surface area contributed by atoms with E-state index in [4.69, 9.17) is 4.74 Å². The minimum Gasteiger partial charge on any atom is -0.473 e. The highest BCUT2D eigenvalue weighted by Crippen LogP contribution is 2.17. The van der Waals surface area contributed by atoms with Gasteiger partial charge in [-0.05, 0) is 25.6 Å². The molecular weight excluding hydrogens is 302 g/mol. The van der Waals surface area contributed by atoms with Crippen LogP contribution in [0.5, 0.6) is 5.88 Å². The van der Waals surface area contributed by atoms with E-state index in [2.05, 4.69) is 23.9 Å². The molecule has 1 aromatic heterocycles. The van der Waals surface area contributed by atoms with Gasteiger partial charge in [-0.2, -0.15) is 0 Å². The molecule has 0 aliphatic carbocycles. The summed E-state index contributed by atoms with van der Waals surface area (Å²) in [7, 11) is 2.08. The third kappa shape index (κ3) is 3.92. The number of ether oxygens (including phenoxy) is 1. The lowest BCUT2D eigenvalue weighted by molar-refractivity contribution is 0.0533. The lowest BCUT2D eigenvalue weighted by atomic mass is 10.1. The molecule has 1 atom stereocenters. The van der Waals surface area contributed by atoms with E-state index in [-0.39, 0.29) is 11.9 Å². The molecular formula is C19H23N3O2. The zero-order valence-corrected chi connectivity index (χ0v) is 14.2.